The monoisotopic (exact) mass is 282 g/mol. The van der Waals surface area contributed by atoms with Crippen LogP contribution in [0.1, 0.15) is 60.3 Å². The van der Waals surface area contributed by atoms with Crippen molar-refractivity contribution in [3.05, 3.63) is 12.2 Å². The molecule has 2 amide bonds. The van der Waals surface area contributed by atoms with Gasteiger partial charge in [-0.1, -0.05) is 25.3 Å². The number of nitrogens with two attached hydrogens (primary N) is 1. The summed E-state index contributed by atoms with van der Waals surface area (Å²) < 4.78 is 0. The SMILES string of the molecule is C=C(C)CC(C(=O)NC(C)(C)C)C(CCCC)C(N)=O. The van der Waals surface area contributed by atoms with Crippen molar-refractivity contribution in [2.24, 2.45) is 17.6 Å². The maximum absolute atomic E-state index is 12.4. The van der Waals surface area contributed by atoms with Gasteiger partial charge in [0.1, 0.15) is 0 Å². The predicted octanol–water partition coefficient (Wildman–Crippen LogP) is 2.78. The number of hydrogen-bond donors (Lipinski definition) is 2. The van der Waals surface area contributed by atoms with Gasteiger partial charge in [0.05, 0.1) is 5.92 Å². The molecule has 2 atom stereocenters. The minimum absolute atomic E-state index is 0.111. The van der Waals surface area contributed by atoms with Crippen molar-refractivity contribution in [2.45, 2.75) is 65.8 Å². The van der Waals surface area contributed by atoms with Crippen molar-refractivity contribution in [3.8, 4) is 0 Å². The highest BCUT2D eigenvalue weighted by Crippen LogP contribution is 2.25. The normalized spacial score (nSPS) is 14.4. The first-order valence-corrected chi connectivity index (χ1v) is 7.34. The van der Waals surface area contributed by atoms with Gasteiger partial charge >= 0.3 is 0 Å². The molecule has 0 aromatic heterocycles. The van der Waals surface area contributed by atoms with E-state index < -0.39 is 17.7 Å². The van der Waals surface area contributed by atoms with Gasteiger partial charge in [-0.2, -0.15) is 0 Å². The lowest BCUT2D eigenvalue weighted by Gasteiger charge is -2.29. The van der Waals surface area contributed by atoms with E-state index in [0.29, 0.717) is 12.8 Å². The molecule has 4 heteroatoms. The number of hydrogen-bond acceptors (Lipinski definition) is 2. The standard InChI is InChI=1S/C16H30N2O2/c1-7-8-9-12(14(17)19)13(10-11(2)3)15(20)18-16(4,5)6/h12-13H,2,7-10H2,1,3-6H3,(H2,17,19)(H,18,20). The number of allylic oxidation sites excluding steroid dienone is 1. The molecule has 0 saturated heterocycles. The number of primary amides is 1. The first-order valence-electron chi connectivity index (χ1n) is 7.34. The average molecular weight is 282 g/mol. The van der Waals surface area contributed by atoms with Gasteiger partial charge in [0.15, 0.2) is 0 Å². The zero-order valence-corrected chi connectivity index (χ0v) is 13.6. The highest BCUT2D eigenvalue weighted by Gasteiger charge is 2.33. The molecular weight excluding hydrogens is 252 g/mol. The number of carbonyl (C=O) groups is 2. The first kappa shape index (κ1) is 18.7. The summed E-state index contributed by atoms with van der Waals surface area (Å²) >= 11 is 0. The number of rotatable bonds is 8. The summed E-state index contributed by atoms with van der Waals surface area (Å²) in [6.07, 6.45) is 3.02. The van der Waals surface area contributed by atoms with Crippen molar-refractivity contribution in [1.82, 2.24) is 5.32 Å². The van der Waals surface area contributed by atoms with E-state index in [-0.39, 0.29) is 11.4 Å². The summed E-state index contributed by atoms with van der Waals surface area (Å²) in [6.45, 7) is 13.6. The Morgan fingerprint density at radius 1 is 1.25 bits per heavy atom. The highest BCUT2D eigenvalue weighted by molar-refractivity contribution is 5.87. The second kappa shape index (κ2) is 8.08. The maximum Gasteiger partial charge on any atom is 0.224 e. The molecule has 0 aromatic carbocycles. The molecule has 20 heavy (non-hydrogen) atoms. The summed E-state index contributed by atoms with van der Waals surface area (Å²) in [6, 6.07) is 0. The van der Waals surface area contributed by atoms with Crippen LogP contribution >= 0.6 is 0 Å². The Hall–Kier alpha value is -1.32. The largest absolute Gasteiger partial charge is 0.369 e. The Kier molecular flexibility index (Phi) is 7.54. The zero-order valence-electron chi connectivity index (χ0n) is 13.6. The number of nitrogens with one attached hydrogen (secondary N) is 1. The Balaban J connectivity index is 5.12. The molecule has 0 aliphatic rings. The highest BCUT2D eigenvalue weighted by atomic mass is 16.2. The van der Waals surface area contributed by atoms with E-state index in [2.05, 4.69) is 18.8 Å². The van der Waals surface area contributed by atoms with E-state index in [9.17, 15) is 9.59 Å². The van der Waals surface area contributed by atoms with E-state index in [4.69, 9.17) is 5.73 Å². The molecule has 0 fully saturated rings. The van der Waals surface area contributed by atoms with Crippen LogP contribution in [-0.2, 0) is 9.59 Å². The van der Waals surface area contributed by atoms with Crippen molar-refractivity contribution >= 4 is 11.8 Å². The third-order valence-electron chi connectivity index (χ3n) is 3.12. The molecule has 0 aliphatic carbocycles. The smallest absolute Gasteiger partial charge is 0.224 e. The van der Waals surface area contributed by atoms with Gasteiger partial charge in [-0.25, -0.2) is 0 Å². The molecule has 4 nitrogen and oxygen atoms in total. The van der Waals surface area contributed by atoms with Gasteiger partial charge in [-0.3, -0.25) is 9.59 Å². The Morgan fingerprint density at radius 2 is 1.80 bits per heavy atom. The van der Waals surface area contributed by atoms with Crippen LogP contribution in [0.3, 0.4) is 0 Å². The number of amides is 2. The molecule has 0 rings (SSSR count). The van der Waals surface area contributed by atoms with Crippen LogP contribution in [0.2, 0.25) is 0 Å². The molecule has 0 bridgehead atoms. The summed E-state index contributed by atoms with van der Waals surface area (Å²) in [4.78, 5) is 24.2. The van der Waals surface area contributed by atoms with Crippen molar-refractivity contribution < 1.29 is 9.59 Å². The summed E-state index contributed by atoms with van der Waals surface area (Å²) in [7, 11) is 0. The fraction of sp³-hybridized carbons (Fsp3) is 0.750. The van der Waals surface area contributed by atoms with Gasteiger partial charge in [-0.05, 0) is 40.5 Å². The first-order chi connectivity index (χ1) is 9.08. The Morgan fingerprint density at radius 3 is 2.15 bits per heavy atom. The third kappa shape index (κ3) is 7.31. The minimum Gasteiger partial charge on any atom is -0.369 e. The number of carbonyl (C=O) groups excluding carboxylic acids is 2. The molecule has 0 radical (unpaired) electrons. The summed E-state index contributed by atoms with van der Waals surface area (Å²) in [5.74, 6) is -1.35. The van der Waals surface area contributed by atoms with Crippen molar-refractivity contribution in [1.29, 1.82) is 0 Å². The lowest BCUT2D eigenvalue weighted by molar-refractivity contribution is -0.134. The van der Waals surface area contributed by atoms with E-state index >= 15 is 0 Å². The van der Waals surface area contributed by atoms with Crippen LogP contribution in [0.25, 0.3) is 0 Å². The van der Waals surface area contributed by atoms with Gasteiger partial charge in [-0.15, -0.1) is 6.58 Å². The van der Waals surface area contributed by atoms with Crippen LogP contribution in [0, 0.1) is 11.8 Å². The molecular formula is C16H30N2O2. The lowest BCUT2D eigenvalue weighted by Crippen LogP contribution is -2.47. The predicted molar refractivity (Wildman–Crippen MR) is 83.0 cm³/mol. The van der Waals surface area contributed by atoms with E-state index in [0.717, 1.165) is 18.4 Å². The second-order valence-electron chi connectivity index (χ2n) is 6.66. The fourth-order valence-corrected chi connectivity index (χ4v) is 2.22. The van der Waals surface area contributed by atoms with Gasteiger partial charge in [0.2, 0.25) is 11.8 Å². The third-order valence-corrected chi connectivity index (χ3v) is 3.12. The second-order valence-corrected chi connectivity index (χ2v) is 6.66. The summed E-state index contributed by atoms with van der Waals surface area (Å²) in [5, 5.41) is 2.95. The van der Waals surface area contributed by atoms with Gasteiger partial charge in [0, 0.05) is 11.5 Å². The Labute approximate surface area is 123 Å². The molecule has 0 saturated carbocycles. The van der Waals surface area contributed by atoms with E-state index in [1.54, 1.807) is 0 Å². The van der Waals surface area contributed by atoms with Crippen LogP contribution in [0.4, 0.5) is 0 Å². The molecule has 2 unspecified atom stereocenters. The van der Waals surface area contributed by atoms with Gasteiger partial charge in [0.25, 0.3) is 0 Å². The maximum atomic E-state index is 12.4. The topological polar surface area (TPSA) is 72.2 Å². The molecule has 0 heterocycles. The van der Waals surface area contributed by atoms with Crippen molar-refractivity contribution in [2.75, 3.05) is 0 Å². The Bertz CT molecular complexity index is 356. The van der Waals surface area contributed by atoms with Crippen LogP contribution in [-0.4, -0.2) is 17.4 Å². The molecule has 3 N–H and O–H groups in total. The molecule has 0 spiro atoms. The van der Waals surface area contributed by atoms with Crippen LogP contribution in [0.15, 0.2) is 12.2 Å². The summed E-state index contributed by atoms with van der Waals surface area (Å²) in [5.41, 5.74) is 6.08. The average Bonchev–Trinajstić information content (AvgIpc) is 2.24. The van der Waals surface area contributed by atoms with E-state index in [1.807, 2.05) is 27.7 Å². The van der Waals surface area contributed by atoms with Gasteiger partial charge < -0.3 is 11.1 Å². The quantitative estimate of drug-likeness (QED) is 0.672. The van der Waals surface area contributed by atoms with Crippen LogP contribution in [0.5, 0.6) is 0 Å². The lowest BCUT2D eigenvalue weighted by atomic mass is 9.82. The molecule has 116 valence electrons. The van der Waals surface area contributed by atoms with Crippen molar-refractivity contribution in [3.63, 3.8) is 0 Å². The van der Waals surface area contributed by atoms with Crippen LogP contribution < -0.4 is 11.1 Å². The zero-order chi connectivity index (χ0) is 15.9. The fourth-order valence-electron chi connectivity index (χ4n) is 2.22. The molecule has 0 aliphatic heterocycles. The minimum atomic E-state index is -0.422. The van der Waals surface area contributed by atoms with E-state index in [1.165, 1.54) is 0 Å². The number of unbranched alkanes of at least 4 members (excludes halogenated alkanes) is 1. The molecule has 0 aromatic rings.